The summed E-state index contributed by atoms with van der Waals surface area (Å²) in [6, 6.07) is 17.8. The molecule has 6 nitrogen and oxygen atoms in total. The smallest absolute Gasteiger partial charge is 0.223 e. The average Bonchev–Trinajstić information content (AvgIpc) is 2.84. The standard InChI is InChI=1S/C27H30FN3O3/c1-30(2)26(32)10-11-27(33)31(19-22-12-15-29-16-13-22)20-23-4-3-5-25(18-23)34-17-14-21-6-8-24(28)9-7-21/h3-9,12-13,15-16,18H,10-11,14,17,19-20H2,1-2H3. The van der Waals surface area contributed by atoms with Gasteiger partial charge in [0.05, 0.1) is 6.61 Å². The summed E-state index contributed by atoms with van der Waals surface area (Å²) >= 11 is 0. The Morgan fingerprint density at radius 3 is 2.24 bits per heavy atom. The van der Waals surface area contributed by atoms with E-state index < -0.39 is 0 Å². The van der Waals surface area contributed by atoms with Crippen LogP contribution in [0.4, 0.5) is 4.39 Å². The van der Waals surface area contributed by atoms with Crippen LogP contribution >= 0.6 is 0 Å². The van der Waals surface area contributed by atoms with Crippen LogP contribution < -0.4 is 4.74 Å². The molecule has 1 heterocycles. The Morgan fingerprint density at radius 1 is 0.853 bits per heavy atom. The monoisotopic (exact) mass is 463 g/mol. The van der Waals surface area contributed by atoms with E-state index in [-0.39, 0.29) is 30.5 Å². The fraction of sp³-hybridized carbons (Fsp3) is 0.296. The van der Waals surface area contributed by atoms with Crippen molar-refractivity contribution in [3.05, 3.63) is 95.6 Å². The zero-order valence-corrected chi connectivity index (χ0v) is 19.6. The van der Waals surface area contributed by atoms with Crippen molar-refractivity contribution in [2.24, 2.45) is 0 Å². The van der Waals surface area contributed by atoms with E-state index in [1.54, 1.807) is 43.5 Å². The van der Waals surface area contributed by atoms with Crippen LogP contribution in [0.1, 0.15) is 29.5 Å². The van der Waals surface area contributed by atoms with Gasteiger partial charge in [-0.05, 0) is 53.1 Å². The maximum absolute atomic E-state index is 13.1. The normalized spacial score (nSPS) is 10.6. The second-order valence-corrected chi connectivity index (χ2v) is 8.27. The Morgan fingerprint density at radius 2 is 1.53 bits per heavy atom. The van der Waals surface area contributed by atoms with Gasteiger partial charge in [0.1, 0.15) is 11.6 Å². The highest BCUT2D eigenvalue weighted by Gasteiger charge is 2.17. The number of ether oxygens (including phenoxy) is 1. The number of hydrogen-bond acceptors (Lipinski definition) is 4. The van der Waals surface area contributed by atoms with Gasteiger partial charge in [-0.25, -0.2) is 4.39 Å². The number of pyridine rings is 1. The first-order valence-electron chi connectivity index (χ1n) is 11.2. The second kappa shape index (κ2) is 12.5. The van der Waals surface area contributed by atoms with E-state index in [2.05, 4.69) is 4.98 Å². The van der Waals surface area contributed by atoms with Gasteiger partial charge in [-0.15, -0.1) is 0 Å². The second-order valence-electron chi connectivity index (χ2n) is 8.27. The zero-order chi connectivity index (χ0) is 24.3. The van der Waals surface area contributed by atoms with Gasteiger partial charge in [0.15, 0.2) is 0 Å². The fourth-order valence-corrected chi connectivity index (χ4v) is 3.43. The minimum absolute atomic E-state index is 0.0752. The summed E-state index contributed by atoms with van der Waals surface area (Å²) in [7, 11) is 3.37. The van der Waals surface area contributed by atoms with Gasteiger partial charge in [-0.2, -0.15) is 0 Å². The Bertz CT molecular complexity index is 1070. The van der Waals surface area contributed by atoms with Crippen molar-refractivity contribution >= 4 is 11.8 Å². The predicted molar refractivity (Wildman–Crippen MR) is 128 cm³/mol. The molecule has 0 aliphatic heterocycles. The first-order chi connectivity index (χ1) is 16.4. The number of amides is 2. The van der Waals surface area contributed by atoms with Crippen LogP contribution in [0, 0.1) is 5.82 Å². The van der Waals surface area contributed by atoms with Gasteiger partial charge in [-0.3, -0.25) is 14.6 Å². The van der Waals surface area contributed by atoms with Gasteiger partial charge in [0.2, 0.25) is 11.8 Å². The molecule has 0 unspecified atom stereocenters. The van der Waals surface area contributed by atoms with E-state index in [1.807, 2.05) is 36.4 Å². The van der Waals surface area contributed by atoms with Crippen molar-refractivity contribution in [2.75, 3.05) is 20.7 Å². The summed E-state index contributed by atoms with van der Waals surface area (Å²) in [5.74, 6) is 0.288. The summed E-state index contributed by atoms with van der Waals surface area (Å²) in [4.78, 5) is 32.2. The molecule has 2 aromatic carbocycles. The van der Waals surface area contributed by atoms with Crippen LogP contribution in [-0.4, -0.2) is 47.3 Å². The molecule has 0 spiro atoms. The molecular formula is C27H30FN3O3. The minimum atomic E-state index is -0.255. The van der Waals surface area contributed by atoms with Crippen molar-refractivity contribution in [2.45, 2.75) is 32.4 Å². The van der Waals surface area contributed by atoms with E-state index in [0.717, 1.165) is 16.7 Å². The van der Waals surface area contributed by atoms with Crippen LogP contribution in [0.2, 0.25) is 0 Å². The zero-order valence-electron chi connectivity index (χ0n) is 19.6. The summed E-state index contributed by atoms with van der Waals surface area (Å²) in [6.07, 6.45) is 4.38. The van der Waals surface area contributed by atoms with Crippen molar-refractivity contribution < 1.29 is 18.7 Å². The Hall–Kier alpha value is -3.74. The van der Waals surface area contributed by atoms with Gasteiger partial charge in [0.25, 0.3) is 0 Å². The topological polar surface area (TPSA) is 62.7 Å². The lowest BCUT2D eigenvalue weighted by molar-refractivity contribution is -0.136. The first kappa shape index (κ1) is 24.9. The molecule has 0 saturated heterocycles. The molecule has 2 amide bonds. The molecule has 0 atom stereocenters. The SMILES string of the molecule is CN(C)C(=O)CCC(=O)N(Cc1ccncc1)Cc1cccc(OCCc2ccc(F)cc2)c1. The number of rotatable bonds is 11. The van der Waals surface area contributed by atoms with Crippen molar-refractivity contribution in [3.63, 3.8) is 0 Å². The van der Waals surface area contributed by atoms with Gasteiger partial charge in [-0.1, -0.05) is 24.3 Å². The molecule has 3 rings (SSSR count). The molecule has 0 fully saturated rings. The minimum Gasteiger partial charge on any atom is -0.493 e. The number of carbonyl (C=O) groups excluding carboxylic acids is 2. The van der Waals surface area contributed by atoms with E-state index in [1.165, 1.54) is 17.0 Å². The predicted octanol–water partition coefficient (Wildman–Crippen LogP) is 4.24. The van der Waals surface area contributed by atoms with Gasteiger partial charge >= 0.3 is 0 Å². The average molecular weight is 464 g/mol. The molecule has 0 bridgehead atoms. The molecule has 7 heteroatoms. The quantitative estimate of drug-likeness (QED) is 0.427. The van der Waals surface area contributed by atoms with Crippen molar-refractivity contribution in [1.29, 1.82) is 0 Å². The van der Waals surface area contributed by atoms with Crippen LogP contribution in [0.3, 0.4) is 0 Å². The van der Waals surface area contributed by atoms with E-state index >= 15 is 0 Å². The Kier molecular flexibility index (Phi) is 9.14. The highest BCUT2D eigenvalue weighted by atomic mass is 19.1. The van der Waals surface area contributed by atoms with Crippen LogP contribution in [0.15, 0.2) is 73.1 Å². The number of halogens is 1. The number of hydrogen-bond donors (Lipinski definition) is 0. The van der Waals surface area contributed by atoms with Crippen molar-refractivity contribution in [3.8, 4) is 5.75 Å². The maximum atomic E-state index is 13.1. The van der Waals surface area contributed by atoms with Crippen molar-refractivity contribution in [1.82, 2.24) is 14.8 Å². The maximum Gasteiger partial charge on any atom is 0.223 e. The largest absolute Gasteiger partial charge is 0.493 e. The van der Waals surface area contributed by atoms with E-state index in [4.69, 9.17) is 4.74 Å². The highest BCUT2D eigenvalue weighted by molar-refractivity contribution is 5.83. The van der Waals surface area contributed by atoms with Gasteiger partial charge in [0, 0.05) is 58.8 Å². The summed E-state index contributed by atoms with van der Waals surface area (Å²) < 4.78 is 18.9. The molecule has 0 aliphatic carbocycles. The number of nitrogens with zero attached hydrogens (tertiary/aromatic N) is 3. The Labute approximate surface area is 200 Å². The van der Waals surface area contributed by atoms with E-state index in [0.29, 0.717) is 31.9 Å². The summed E-state index contributed by atoms with van der Waals surface area (Å²) in [5, 5.41) is 0. The number of carbonyl (C=O) groups is 2. The Balaban J connectivity index is 1.64. The van der Waals surface area contributed by atoms with Crippen LogP contribution in [-0.2, 0) is 29.1 Å². The summed E-state index contributed by atoms with van der Waals surface area (Å²) in [5.41, 5.74) is 2.90. The fourth-order valence-electron chi connectivity index (χ4n) is 3.43. The molecule has 1 aromatic heterocycles. The number of benzene rings is 2. The lowest BCUT2D eigenvalue weighted by Gasteiger charge is -2.24. The highest BCUT2D eigenvalue weighted by Crippen LogP contribution is 2.18. The van der Waals surface area contributed by atoms with Crippen LogP contribution in [0.25, 0.3) is 0 Å². The lowest BCUT2D eigenvalue weighted by Crippen LogP contribution is -2.31. The van der Waals surface area contributed by atoms with Crippen LogP contribution in [0.5, 0.6) is 5.75 Å². The molecule has 0 aliphatic rings. The molecule has 0 radical (unpaired) electrons. The molecule has 0 N–H and O–H groups in total. The summed E-state index contributed by atoms with van der Waals surface area (Å²) in [6.45, 7) is 1.28. The molecule has 0 saturated carbocycles. The molecule has 3 aromatic rings. The first-order valence-corrected chi connectivity index (χ1v) is 11.2. The molecule has 178 valence electrons. The number of aromatic nitrogens is 1. The molecule has 34 heavy (non-hydrogen) atoms. The third-order valence-electron chi connectivity index (χ3n) is 5.37. The molecular weight excluding hydrogens is 433 g/mol. The van der Waals surface area contributed by atoms with Gasteiger partial charge < -0.3 is 14.5 Å². The third-order valence-corrected chi connectivity index (χ3v) is 5.37. The van der Waals surface area contributed by atoms with E-state index in [9.17, 15) is 14.0 Å². The third kappa shape index (κ3) is 7.99. The lowest BCUT2D eigenvalue weighted by atomic mass is 10.1.